The standard InChI is InChI=1S/C19H34N4O3/c1-3-4-8-20-18(21-9-7-17-6-5-12-26-17)22-15-19(2,24)16-23-10-13-25-14-11-23/h5-6,12,24H,3-4,7-11,13-16H2,1-2H3,(H2,20,21,22). The van der Waals surface area contributed by atoms with Crippen molar-refractivity contribution in [1.29, 1.82) is 0 Å². The van der Waals surface area contributed by atoms with Crippen molar-refractivity contribution in [3.8, 4) is 0 Å². The van der Waals surface area contributed by atoms with E-state index in [-0.39, 0.29) is 0 Å². The Morgan fingerprint density at radius 2 is 2.08 bits per heavy atom. The first-order valence-electron chi connectivity index (χ1n) is 9.66. The predicted octanol–water partition coefficient (Wildman–Crippen LogP) is 1.24. The molecule has 0 radical (unpaired) electrons. The highest BCUT2D eigenvalue weighted by Crippen LogP contribution is 2.09. The third-order valence-corrected chi connectivity index (χ3v) is 4.31. The maximum Gasteiger partial charge on any atom is 0.191 e. The zero-order chi connectivity index (χ0) is 18.7. The third-order valence-electron chi connectivity index (χ3n) is 4.31. The number of ether oxygens (including phenoxy) is 1. The highest BCUT2D eigenvalue weighted by atomic mass is 16.5. The van der Waals surface area contributed by atoms with Crippen LogP contribution in [-0.4, -0.2) is 74.0 Å². The molecule has 1 unspecified atom stereocenters. The molecule has 0 aliphatic carbocycles. The number of nitrogens with one attached hydrogen (secondary N) is 2. The first kappa shape index (κ1) is 20.7. The Balaban J connectivity index is 1.82. The fourth-order valence-electron chi connectivity index (χ4n) is 2.86. The lowest BCUT2D eigenvalue weighted by Gasteiger charge is -2.33. The van der Waals surface area contributed by atoms with Crippen LogP contribution in [0.2, 0.25) is 0 Å². The maximum absolute atomic E-state index is 10.7. The molecule has 0 aromatic carbocycles. The minimum atomic E-state index is -0.863. The number of morpholine rings is 1. The van der Waals surface area contributed by atoms with Crippen LogP contribution in [0.25, 0.3) is 0 Å². The van der Waals surface area contributed by atoms with Gasteiger partial charge >= 0.3 is 0 Å². The zero-order valence-corrected chi connectivity index (χ0v) is 16.2. The van der Waals surface area contributed by atoms with E-state index in [0.29, 0.717) is 13.1 Å². The second kappa shape index (κ2) is 11.2. The number of furan rings is 1. The summed E-state index contributed by atoms with van der Waals surface area (Å²) in [4.78, 5) is 6.84. The van der Waals surface area contributed by atoms with Crippen molar-refractivity contribution >= 4 is 5.96 Å². The van der Waals surface area contributed by atoms with Crippen molar-refractivity contribution in [3.63, 3.8) is 0 Å². The lowest BCUT2D eigenvalue weighted by Crippen LogP contribution is -2.48. The van der Waals surface area contributed by atoms with Crippen LogP contribution in [-0.2, 0) is 11.2 Å². The molecule has 1 atom stereocenters. The molecule has 1 aromatic rings. The molecule has 7 nitrogen and oxygen atoms in total. The smallest absolute Gasteiger partial charge is 0.191 e. The molecule has 3 N–H and O–H groups in total. The average Bonchev–Trinajstić information content (AvgIpc) is 3.13. The molecular weight excluding hydrogens is 332 g/mol. The van der Waals surface area contributed by atoms with Gasteiger partial charge in [0.1, 0.15) is 5.76 Å². The summed E-state index contributed by atoms with van der Waals surface area (Å²) in [5.74, 6) is 1.69. The van der Waals surface area contributed by atoms with Gasteiger partial charge in [0.25, 0.3) is 0 Å². The molecule has 26 heavy (non-hydrogen) atoms. The van der Waals surface area contributed by atoms with E-state index in [4.69, 9.17) is 9.15 Å². The Hall–Kier alpha value is -1.57. The van der Waals surface area contributed by atoms with E-state index in [1.807, 2.05) is 19.1 Å². The number of unbranched alkanes of at least 4 members (excludes halogenated alkanes) is 1. The highest BCUT2D eigenvalue weighted by Gasteiger charge is 2.25. The molecule has 1 saturated heterocycles. The van der Waals surface area contributed by atoms with Gasteiger partial charge in [-0.3, -0.25) is 9.89 Å². The molecule has 0 saturated carbocycles. The Morgan fingerprint density at radius 3 is 2.77 bits per heavy atom. The molecule has 1 aliphatic rings. The molecule has 2 rings (SSSR count). The molecule has 1 aliphatic heterocycles. The first-order valence-corrected chi connectivity index (χ1v) is 9.66. The van der Waals surface area contributed by atoms with Gasteiger partial charge in [-0.25, -0.2) is 0 Å². The van der Waals surface area contributed by atoms with Gasteiger partial charge in [0.05, 0.1) is 31.6 Å². The van der Waals surface area contributed by atoms with Gasteiger partial charge in [-0.2, -0.15) is 0 Å². The summed E-state index contributed by atoms with van der Waals surface area (Å²) in [6.45, 7) is 9.77. The largest absolute Gasteiger partial charge is 0.469 e. The number of rotatable bonds is 10. The summed E-state index contributed by atoms with van der Waals surface area (Å²) in [7, 11) is 0. The van der Waals surface area contributed by atoms with Gasteiger partial charge in [-0.05, 0) is 25.5 Å². The van der Waals surface area contributed by atoms with Crippen LogP contribution in [0.3, 0.4) is 0 Å². The summed E-state index contributed by atoms with van der Waals surface area (Å²) in [6, 6.07) is 3.86. The minimum absolute atomic E-state index is 0.354. The van der Waals surface area contributed by atoms with E-state index in [1.165, 1.54) is 0 Å². The van der Waals surface area contributed by atoms with Crippen molar-refractivity contribution in [2.45, 2.75) is 38.7 Å². The number of hydrogen-bond acceptors (Lipinski definition) is 5. The van der Waals surface area contributed by atoms with Crippen LogP contribution in [0, 0.1) is 0 Å². The Bertz CT molecular complexity index is 511. The molecule has 2 heterocycles. The van der Waals surface area contributed by atoms with E-state index < -0.39 is 5.60 Å². The van der Waals surface area contributed by atoms with Crippen LogP contribution < -0.4 is 10.6 Å². The van der Waals surface area contributed by atoms with Crippen molar-refractivity contribution in [1.82, 2.24) is 15.5 Å². The number of hydrogen-bond donors (Lipinski definition) is 3. The monoisotopic (exact) mass is 366 g/mol. The average molecular weight is 367 g/mol. The van der Waals surface area contributed by atoms with E-state index in [0.717, 1.165) is 70.4 Å². The van der Waals surface area contributed by atoms with Crippen LogP contribution in [0.1, 0.15) is 32.4 Å². The lowest BCUT2D eigenvalue weighted by atomic mass is 10.1. The molecule has 0 spiro atoms. The molecule has 1 fully saturated rings. The van der Waals surface area contributed by atoms with Crippen molar-refractivity contribution < 1.29 is 14.3 Å². The Labute approximate surface area is 156 Å². The van der Waals surface area contributed by atoms with Gasteiger partial charge in [-0.1, -0.05) is 13.3 Å². The van der Waals surface area contributed by atoms with Crippen LogP contribution in [0.4, 0.5) is 0 Å². The SMILES string of the molecule is CCCCNC(=NCC(C)(O)CN1CCOCC1)NCCc1ccco1. The first-order chi connectivity index (χ1) is 12.6. The summed E-state index contributed by atoms with van der Waals surface area (Å²) < 4.78 is 10.7. The second-order valence-electron chi connectivity index (χ2n) is 7.09. The van der Waals surface area contributed by atoms with Crippen LogP contribution >= 0.6 is 0 Å². The van der Waals surface area contributed by atoms with Crippen LogP contribution in [0.15, 0.2) is 27.8 Å². The van der Waals surface area contributed by atoms with Crippen LogP contribution in [0.5, 0.6) is 0 Å². The third kappa shape index (κ3) is 8.21. The summed E-state index contributed by atoms with van der Waals surface area (Å²) in [5.41, 5.74) is -0.863. The van der Waals surface area contributed by atoms with E-state index in [1.54, 1.807) is 6.26 Å². The summed E-state index contributed by atoms with van der Waals surface area (Å²) in [5, 5.41) is 17.4. The predicted molar refractivity (Wildman–Crippen MR) is 104 cm³/mol. The van der Waals surface area contributed by atoms with Gasteiger partial charge in [0, 0.05) is 39.1 Å². The molecule has 0 bridgehead atoms. The normalized spacial score (nSPS) is 18.5. The van der Waals surface area contributed by atoms with Crippen molar-refractivity contribution in [3.05, 3.63) is 24.2 Å². The lowest BCUT2D eigenvalue weighted by molar-refractivity contribution is -0.0180. The minimum Gasteiger partial charge on any atom is -0.469 e. The Morgan fingerprint density at radius 1 is 1.31 bits per heavy atom. The zero-order valence-electron chi connectivity index (χ0n) is 16.2. The molecule has 148 valence electrons. The van der Waals surface area contributed by atoms with Crippen molar-refractivity contribution in [2.75, 3.05) is 52.5 Å². The van der Waals surface area contributed by atoms with E-state index in [2.05, 4.69) is 27.4 Å². The fraction of sp³-hybridized carbons (Fsp3) is 0.737. The van der Waals surface area contributed by atoms with Gasteiger partial charge < -0.3 is 24.9 Å². The maximum atomic E-state index is 10.7. The van der Waals surface area contributed by atoms with E-state index in [9.17, 15) is 5.11 Å². The van der Waals surface area contributed by atoms with Gasteiger partial charge in [-0.15, -0.1) is 0 Å². The highest BCUT2D eigenvalue weighted by molar-refractivity contribution is 5.79. The molecule has 7 heteroatoms. The molecule has 1 aromatic heterocycles. The van der Waals surface area contributed by atoms with E-state index >= 15 is 0 Å². The molecule has 0 amide bonds. The number of nitrogens with zero attached hydrogens (tertiary/aromatic N) is 2. The fourth-order valence-corrected chi connectivity index (χ4v) is 2.86. The number of β-amino-alcohol motifs (C(OH)–C–C–N with tert-alkyl or cyclic N) is 1. The quantitative estimate of drug-likeness (QED) is 0.328. The molecular formula is C19H34N4O3. The van der Waals surface area contributed by atoms with Gasteiger partial charge in [0.15, 0.2) is 5.96 Å². The Kier molecular flexibility index (Phi) is 8.94. The second-order valence-corrected chi connectivity index (χ2v) is 7.09. The number of aliphatic hydroxyl groups is 1. The summed E-state index contributed by atoms with van der Waals surface area (Å²) in [6.07, 6.45) is 4.70. The van der Waals surface area contributed by atoms with Gasteiger partial charge in [0.2, 0.25) is 0 Å². The topological polar surface area (TPSA) is 82.3 Å². The van der Waals surface area contributed by atoms with Crippen molar-refractivity contribution in [2.24, 2.45) is 4.99 Å². The number of aliphatic imine (C=N–C) groups is 1. The number of guanidine groups is 1. The summed E-state index contributed by atoms with van der Waals surface area (Å²) >= 11 is 0.